The van der Waals surface area contributed by atoms with Gasteiger partial charge in [-0.1, -0.05) is 0 Å². The lowest BCUT2D eigenvalue weighted by Gasteiger charge is -2.37. The minimum Gasteiger partial charge on any atom is -0.396 e. The molecule has 19 heavy (non-hydrogen) atoms. The summed E-state index contributed by atoms with van der Waals surface area (Å²) in [5, 5.41) is 33.0. The van der Waals surface area contributed by atoms with Crippen LogP contribution >= 0.6 is 0 Å². The summed E-state index contributed by atoms with van der Waals surface area (Å²) in [7, 11) is 0. The summed E-state index contributed by atoms with van der Waals surface area (Å²) < 4.78 is 0. The number of rotatable bonds is 10. The van der Waals surface area contributed by atoms with E-state index in [-0.39, 0.29) is 19.8 Å². The van der Waals surface area contributed by atoms with Crippen LogP contribution in [0, 0.1) is 0 Å². The van der Waals surface area contributed by atoms with Gasteiger partial charge in [0.25, 0.3) is 0 Å². The first-order valence-electron chi connectivity index (χ1n) is 6.83. The number of aliphatic hydroxyl groups is 3. The van der Waals surface area contributed by atoms with Crippen molar-refractivity contribution in [1.29, 1.82) is 0 Å². The third-order valence-electron chi connectivity index (χ3n) is 3.00. The van der Waals surface area contributed by atoms with Crippen LogP contribution in [0.1, 0.15) is 19.3 Å². The summed E-state index contributed by atoms with van der Waals surface area (Å²) in [6, 6.07) is 0. The molecule has 7 heteroatoms. The van der Waals surface area contributed by atoms with Gasteiger partial charge in [0.15, 0.2) is 0 Å². The normalized spacial score (nSPS) is 16.3. The number of hydrogen-bond donors (Lipinski definition) is 4. The molecule has 0 unspecified atom stereocenters. The predicted octanol–water partition coefficient (Wildman–Crippen LogP) is -1.32. The topological polar surface area (TPSA) is 96.4 Å². The van der Waals surface area contributed by atoms with Crippen LogP contribution in [-0.2, 0) is 0 Å². The van der Waals surface area contributed by atoms with Crippen LogP contribution in [0.3, 0.4) is 0 Å². The third-order valence-corrected chi connectivity index (χ3v) is 3.00. The fourth-order valence-corrected chi connectivity index (χ4v) is 2.10. The first-order chi connectivity index (χ1) is 9.28. The zero-order valence-corrected chi connectivity index (χ0v) is 11.4. The van der Waals surface area contributed by atoms with Gasteiger partial charge < -0.3 is 21.1 Å². The molecule has 0 spiro atoms. The molecule has 0 radical (unpaired) electrons. The smallest absolute Gasteiger partial charge is 0.0624 e. The summed E-state index contributed by atoms with van der Waals surface area (Å²) in [6.45, 7) is 2.94. The van der Waals surface area contributed by atoms with Crippen molar-refractivity contribution in [2.75, 3.05) is 46.0 Å². The lowest BCUT2D eigenvalue weighted by Crippen LogP contribution is -2.47. The molecule has 0 atom stereocenters. The zero-order chi connectivity index (χ0) is 14.1. The van der Waals surface area contributed by atoms with Crippen LogP contribution in [0.4, 0.5) is 0 Å². The molecule has 0 aliphatic carbocycles. The Bertz CT molecular complexity index is 276. The van der Waals surface area contributed by atoms with Gasteiger partial charge in [0, 0.05) is 52.2 Å². The van der Waals surface area contributed by atoms with Crippen molar-refractivity contribution >= 4 is 0 Å². The van der Waals surface area contributed by atoms with Gasteiger partial charge in [0.05, 0.1) is 5.70 Å². The Labute approximate surface area is 114 Å². The third kappa shape index (κ3) is 4.63. The molecule has 1 heterocycles. The molecular formula is C12H26N4O3. The maximum atomic E-state index is 8.99. The molecule has 1 aliphatic heterocycles. The fraction of sp³-hybridized carbons (Fsp3) is 0.833. The van der Waals surface area contributed by atoms with Gasteiger partial charge >= 0.3 is 0 Å². The summed E-state index contributed by atoms with van der Waals surface area (Å²) in [4.78, 5) is 0. The van der Waals surface area contributed by atoms with Crippen molar-refractivity contribution in [2.24, 2.45) is 5.73 Å². The number of nitrogens with zero attached hydrogens (tertiary/aromatic N) is 3. The second-order valence-corrected chi connectivity index (χ2v) is 4.44. The molecule has 1 rings (SSSR count). The Kier molecular flexibility index (Phi) is 7.76. The van der Waals surface area contributed by atoms with E-state index in [0.717, 1.165) is 5.70 Å². The Hall–Kier alpha value is -0.860. The van der Waals surface area contributed by atoms with Crippen LogP contribution in [0.5, 0.6) is 0 Å². The number of aliphatic hydroxyl groups excluding tert-OH is 3. The molecule has 0 aromatic heterocycles. The number of hydrogen-bond acceptors (Lipinski definition) is 7. The van der Waals surface area contributed by atoms with Gasteiger partial charge in [-0.15, -0.1) is 5.12 Å². The van der Waals surface area contributed by atoms with E-state index in [2.05, 4.69) is 0 Å². The van der Waals surface area contributed by atoms with Crippen LogP contribution < -0.4 is 5.73 Å². The Morgan fingerprint density at radius 2 is 1.47 bits per heavy atom. The molecule has 0 saturated carbocycles. The van der Waals surface area contributed by atoms with Crippen LogP contribution in [0.2, 0.25) is 0 Å². The van der Waals surface area contributed by atoms with Crippen LogP contribution in [-0.4, -0.2) is 76.5 Å². The van der Waals surface area contributed by atoms with Gasteiger partial charge in [-0.2, -0.15) is 0 Å². The monoisotopic (exact) mass is 274 g/mol. The van der Waals surface area contributed by atoms with Crippen molar-refractivity contribution in [2.45, 2.75) is 19.3 Å². The lowest BCUT2D eigenvalue weighted by atomic mass is 10.4. The molecule has 0 amide bonds. The highest BCUT2D eigenvalue weighted by molar-refractivity contribution is 5.05. The highest BCUT2D eigenvalue weighted by Crippen LogP contribution is 2.21. The molecule has 0 bridgehead atoms. The highest BCUT2D eigenvalue weighted by atomic mass is 16.3. The van der Waals surface area contributed by atoms with Gasteiger partial charge in [0.2, 0.25) is 0 Å². The first kappa shape index (κ1) is 16.2. The first-order valence-corrected chi connectivity index (χ1v) is 6.83. The van der Waals surface area contributed by atoms with E-state index in [1.54, 1.807) is 0 Å². The standard InChI is InChI=1S/C12H26N4O3/c13-10-12-11-14(4-1-7-17)16(6-3-9-19)15(12)5-2-8-18/h11,17-19H,1-10,13H2. The van der Waals surface area contributed by atoms with Gasteiger partial charge in [-0.05, 0) is 19.3 Å². The SMILES string of the molecule is NCC1=CN(CCCO)N(CCCO)N1CCCO. The van der Waals surface area contributed by atoms with Crippen molar-refractivity contribution < 1.29 is 15.3 Å². The van der Waals surface area contributed by atoms with Crippen molar-refractivity contribution in [1.82, 2.24) is 15.1 Å². The van der Waals surface area contributed by atoms with E-state index in [4.69, 9.17) is 21.1 Å². The molecule has 0 saturated heterocycles. The number of hydrazine groups is 2. The molecule has 1 aliphatic rings. The van der Waals surface area contributed by atoms with Crippen molar-refractivity contribution in [3.63, 3.8) is 0 Å². The summed E-state index contributed by atoms with van der Waals surface area (Å²) >= 11 is 0. The lowest BCUT2D eigenvalue weighted by molar-refractivity contribution is -0.119. The maximum Gasteiger partial charge on any atom is 0.0624 e. The minimum atomic E-state index is 0.135. The van der Waals surface area contributed by atoms with E-state index in [9.17, 15) is 0 Å². The Morgan fingerprint density at radius 1 is 0.895 bits per heavy atom. The molecule has 0 fully saturated rings. The summed E-state index contributed by atoms with van der Waals surface area (Å²) in [5.74, 6) is 0. The van der Waals surface area contributed by atoms with Gasteiger partial charge in [0.1, 0.15) is 0 Å². The minimum absolute atomic E-state index is 0.135. The van der Waals surface area contributed by atoms with E-state index >= 15 is 0 Å². The van der Waals surface area contributed by atoms with Crippen LogP contribution in [0.25, 0.3) is 0 Å². The Morgan fingerprint density at radius 3 is 2.05 bits per heavy atom. The predicted molar refractivity (Wildman–Crippen MR) is 72.4 cm³/mol. The second kappa shape index (κ2) is 9.11. The molecule has 5 N–H and O–H groups in total. The number of nitrogens with two attached hydrogens (primary N) is 1. The fourth-order valence-electron chi connectivity index (χ4n) is 2.10. The second-order valence-electron chi connectivity index (χ2n) is 4.44. The maximum absolute atomic E-state index is 8.99. The average Bonchev–Trinajstić information content (AvgIpc) is 2.77. The van der Waals surface area contributed by atoms with E-state index < -0.39 is 0 Å². The van der Waals surface area contributed by atoms with Crippen molar-refractivity contribution in [3.8, 4) is 0 Å². The molecule has 112 valence electrons. The zero-order valence-electron chi connectivity index (χ0n) is 11.4. The molecule has 0 aromatic rings. The van der Waals surface area contributed by atoms with Crippen LogP contribution in [0.15, 0.2) is 11.9 Å². The van der Waals surface area contributed by atoms with Gasteiger partial charge in [-0.3, -0.25) is 10.0 Å². The van der Waals surface area contributed by atoms with E-state index in [1.807, 2.05) is 21.3 Å². The van der Waals surface area contributed by atoms with Crippen molar-refractivity contribution in [3.05, 3.63) is 11.9 Å². The molecular weight excluding hydrogens is 248 g/mol. The molecule has 0 aromatic carbocycles. The van der Waals surface area contributed by atoms with Gasteiger partial charge in [-0.25, -0.2) is 0 Å². The summed E-state index contributed by atoms with van der Waals surface area (Å²) in [6.07, 6.45) is 3.99. The quantitative estimate of drug-likeness (QED) is 0.392. The largest absolute Gasteiger partial charge is 0.396 e. The van der Waals surface area contributed by atoms with E-state index in [1.165, 1.54) is 0 Å². The van der Waals surface area contributed by atoms with E-state index in [0.29, 0.717) is 45.4 Å². The Balaban J connectivity index is 2.68. The highest BCUT2D eigenvalue weighted by Gasteiger charge is 2.28. The summed E-state index contributed by atoms with van der Waals surface area (Å²) in [5.41, 5.74) is 6.74. The molecule has 7 nitrogen and oxygen atoms in total. The average molecular weight is 274 g/mol.